The monoisotopic (exact) mass is 371 g/mol. The first kappa shape index (κ1) is 19.2. The number of halogens is 1. The van der Waals surface area contributed by atoms with E-state index in [1.165, 1.54) is 25.0 Å². The number of benzene rings is 1. The number of amides is 1. The SMILES string of the molecule is CC(C)c1nc(NCCN2CCCC2)ncc1-c1ccc(F)c(C(N)=O)c1. The zero-order valence-corrected chi connectivity index (χ0v) is 15.8. The third-order valence-electron chi connectivity index (χ3n) is 4.82. The van der Waals surface area contributed by atoms with Gasteiger partial charge in [-0.1, -0.05) is 19.9 Å². The van der Waals surface area contributed by atoms with Gasteiger partial charge >= 0.3 is 0 Å². The summed E-state index contributed by atoms with van der Waals surface area (Å²) < 4.78 is 13.8. The first-order chi connectivity index (χ1) is 13.0. The highest BCUT2D eigenvalue weighted by Crippen LogP contribution is 2.29. The number of likely N-dealkylation sites (tertiary alicyclic amines) is 1. The van der Waals surface area contributed by atoms with E-state index in [0.29, 0.717) is 11.5 Å². The number of aromatic nitrogens is 2. The third-order valence-corrected chi connectivity index (χ3v) is 4.82. The molecule has 0 unspecified atom stereocenters. The molecule has 3 N–H and O–H groups in total. The van der Waals surface area contributed by atoms with Gasteiger partial charge in [0.05, 0.1) is 11.3 Å². The Morgan fingerprint density at radius 2 is 2.07 bits per heavy atom. The summed E-state index contributed by atoms with van der Waals surface area (Å²) in [6.07, 6.45) is 4.26. The van der Waals surface area contributed by atoms with E-state index in [4.69, 9.17) is 5.73 Å². The Bertz CT molecular complexity index is 818. The first-order valence-electron chi connectivity index (χ1n) is 9.38. The molecule has 0 radical (unpaired) electrons. The molecule has 1 aromatic heterocycles. The number of nitrogens with two attached hydrogens (primary N) is 1. The molecule has 1 fully saturated rings. The molecule has 0 spiro atoms. The number of carbonyl (C=O) groups excluding carboxylic acids is 1. The molecule has 2 heterocycles. The van der Waals surface area contributed by atoms with Crippen LogP contribution >= 0.6 is 0 Å². The average molecular weight is 371 g/mol. The van der Waals surface area contributed by atoms with Crippen LogP contribution in [0.15, 0.2) is 24.4 Å². The van der Waals surface area contributed by atoms with Crippen molar-refractivity contribution in [2.24, 2.45) is 5.73 Å². The van der Waals surface area contributed by atoms with Crippen LogP contribution in [0.5, 0.6) is 0 Å². The predicted molar refractivity (Wildman–Crippen MR) is 104 cm³/mol. The zero-order valence-electron chi connectivity index (χ0n) is 15.8. The number of anilines is 1. The first-order valence-corrected chi connectivity index (χ1v) is 9.38. The van der Waals surface area contributed by atoms with Crippen molar-refractivity contribution in [2.75, 3.05) is 31.5 Å². The summed E-state index contributed by atoms with van der Waals surface area (Å²) >= 11 is 0. The zero-order chi connectivity index (χ0) is 19.4. The Hall–Kier alpha value is -2.54. The normalized spacial score (nSPS) is 14.7. The molecule has 0 aliphatic carbocycles. The van der Waals surface area contributed by atoms with Crippen LogP contribution in [0.4, 0.5) is 10.3 Å². The van der Waals surface area contributed by atoms with E-state index in [0.717, 1.165) is 37.4 Å². The summed E-state index contributed by atoms with van der Waals surface area (Å²) in [7, 11) is 0. The third kappa shape index (κ3) is 4.60. The van der Waals surface area contributed by atoms with E-state index >= 15 is 0 Å². The van der Waals surface area contributed by atoms with Crippen LogP contribution in [0, 0.1) is 5.82 Å². The number of rotatable bonds is 7. The topological polar surface area (TPSA) is 84.1 Å². The number of hydrogen-bond donors (Lipinski definition) is 2. The van der Waals surface area contributed by atoms with E-state index < -0.39 is 11.7 Å². The lowest BCUT2D eigenvalue weighted by Crippen LogP contribution is -2.26. The number of hydrogen-bond acceptors (Lipinski definition) is 5. The lowest BCUT2D eigenvalue weighted by molar-refractivity contribution is 0.0996. The maximum Gasteiger partial charge on any atom is 0.251 e. The van der Waals surface area contributed by atoms with Crippen molar-refractivity contribution in [1.82, 2.24) is 14.9 Å². The molecule has 7 heteroatoms. The molecule has 1 aliphatic rings. The Morgan fingerprint density at radius 1 is 1.33 bits per heavy atom. The highest BCUT2D eigenvalue weighted by atomic mass is 19.1. The van der Waals surface area contributed by atoms with E-state index in [2.05, 4.69) is 20.2 Å². The van der Waals surface area contributed by atoms with E-state index in [-0.39, 0.29) is 11.5 Å². The van der Waals surface area contributed by atoms with Crippen LogP contribution in [-0.4, -0.2) is 47.0 Å². The fraction of sp³-hybridized carbons (Fsp3) is 0.450. The van der Waals surface area contributed by atoms with Crippen molar-refractivity contribution in [1.29, 1.82) is 0 Å². The van der Waals surface area contributed by atoms with Crippen LogP contribution in [0.25, 0.3) is 11.1 Å². The maximum absolute atomic E-state index is 13.8. The summed E-state index contributed by atoms with van der Waals surface area (Å²) in [5.41, 5.74) is 7.43. The van der Waals surface area contributed by atoms with Gasteiger partial charge in [0.15, 0.2) is 0 Å². The average Bonchev–Trinajstić information content (AvgIpc) is 3.15. The van der Waals surface area contributed by atoms with Gasteiger partial charge in [-0.3, -0.25) is 4.79 Å². The van der Waals surface area contributed by atoms with Crippen LogP contribution in [0.1, 0.15) is 48.7 Å². The largest absolute Gasteiger partial charge is 0.366 e. The molecule has 6 nitrogen and oxygen atoms in total. The minimum atomic E-state index is -0.790. The fourth-order valence-corrected chi connectivity index (χ4v) is 3.36. The quantitative estimate of drug-likeness (QED) is 0.782. The van der Waals surface area contributed by atoms with Gasteiger partial charge in [0.25, 0.3) is 5.91 Å². The molecule has 0 atom stereocenters. The second-order valence-electron chi connectivity index (χ2n) is 7.18. The Balaban J connectivity index is 1.81. The standard InChI is InChI=1S/C20H26FN5O/c1-13(2)18-16(14-5-6-17(21)15(11-14)19(22)27)12-24-20(25-18)23-7-10-26-8-3-4-9-26/h5-6,11-13H,3-4,7-10H2,1-2H3,(H2,22,27)(H,23,24,25). The van der Waals surface area contributed by atoms with Gasteiger partial charge in [0.2, 0.25) is 5.95 Å². The van der Waals surface area contributed by atoms with E-state index in [1.54, 1.807) is 12.3 Å². The van der Waals surface area contributed by atoms with Crippen molar-refractivity contribution in [3.63, 3.8) is 0 Å². The maximum atomic E-state index is 13.8. The lowest BCUT2D eigenvalue weighted by Gasteiger charge is -2.17. The van der Waals surface area contributed by atoms with Crippen LogP contribution in [0.3, 0.4) is 0 Å². The Kier molecular flexibility index (Phi) is 6.01. The number of carbonyl (C=O) groups is 1. The van der Waals surface area contributed by atoms with Gasteiger partial charge in [-0.25, -0.2) is 14.4 Å². The molecule has 2 aromatic rings. The predicted octanol–water partition coefficient (Wildman–Crippen LogP) is 3.01. The fourth-order valence-electron chi connectivity index (χ4n) is 3.36. The Labute approximate surface area is 159 Å². The molecule has 1 aromatic carbocycles. The van der Waals surface area contributed by atoms with Crippen molar-refractivity contribution < 1.29 is 9.18 Å². The van der Waals surface area contributed by atoms with Crippen molar-refractivity contribution >= 4 is 11.9 Å². The van der Waals surface area contributed by atoms with E-state index in [9.17, 15) is 9.18 Å². The van der Waals surface area contributed by atoms with Crippen molar-refractivity contribution in [3.05, 3.63) is 41.5 Å². The van der Waals surface area contributed by atoms with Gasteiger partial charge in [0.1, 0.15) is 5.82 Å². The highest BCUT2D eigenvalue weighted by Gasteiger charge is 2.16. The molecule has 1 saturated heterocycles. The lowest BCUT2D eigenvalue weighted by atomic mass is 9.97. The summed E-state index contributed by atoms with van der Waals surface area (Å²) in [5.74, 6) is -0.692. The highest BCUT2D eigenvalue weighted by molar-refractivity contribution is 5.94. The van der Waals surface area contributed by atoms with Gasteiger partial charge in [-0.2, -0.15) is 0 Å². The van der Waals surface area contributed by atoms with Crippen LogP contribution in [0.2, 0.25) is 0 Å². The molecule has 1 aliphatic heterocycles. The molecule has 144 valence electrons. The molecule has 0 bridgehead atoms. The summed E-state index contributed by atoms with van der Waals surface area (Å²) in [6.45, 7) is 8.16. The molecular formula is C20H26FN5O. The smallest absolute Gasteiger partial charge is 0.251 e. The summed E-state index contributed by atoms with van der Waals surface area (Å²) in [6, 6.07) is 4.33. The second kappa shape index (κ2) is 8.43. The molecule has 3 rings (SSSR count). The minimum absolute atomic E-state index is 0.130. The second-order valence-corrected chi connectivity index (χ2v) is 7.18. The summed E-state index contributed by atoms with van der Waals surface area (Å²) in [5, 5.41) is 3.29. The van der Waals surface area contributed by atoms with Gasteiger partial charge in [-0.15, -0.1) is 0 Å². The van der Waals surface area contributed by atoms with Crippen LogP contribution < -0.4 is 11.1 Å². The van der Waals surface area contributed by atoms with Gasteiger partial charge in [-0.05, 0) is 49.5 Å². The van der Waals surface area contributed by atoms with Crippen LogP contribution in [-0.2, 0) is 0 Å². The van der Waals surface area contributed by atoms with Crippen molar-refractivity contribution in [2.45, 2.75) is 32.6 Å². The molecule has 0 saturated carbocycles. The number of nitrogens with one attached hydrogen (secondary N) is 1. The van der Waals surface area contributed by atoms with Crippen molar-refractivity contribution in [3.8, 4) is 11.1 Å². The van der Waals surface area contributed by atoms with Gasteiger partial charge < -0.3 is 16.0 Å². The molecule has 1 amide bonds. The molecular weight excluding hydrogens is 345 g/mol. The summed E-state index contributed by atoms with van der Waals surface area (Å²) in [4.78, 5) is 22.9. The minimum Gasteiger partial charge on any atom is -0.366 e. The van der Waals surface area contributed by atoms with Gasteiger partial charge in [0, 0.05) is 24.8 Å². The molecule has 27 heavy (non-hydrogen) atoms. The number of nitrogens with zero attached hydrogens (tertiary/aromatic N) is 3. The number of primary amides is 1. The van der Waals surface area contributed by atoms with E-state index in [1.807, 2.05) is 13.8 Å². The Morgan fingerprint density at radius 3 is 2.74 bits per heavy atom.